The van der Waals surface area contributed by atoms with Crippen LogP contribution in [0.25, 0.3) is 5.65 Å². The Morgan fingerprint density at radius 1 is 1.50 bits per heavy atom. The standard InChI is InChI=1S/C6H5ClN4O/c1-12-6-10-9-5-4(7)8-2-3-11(5)6/h2-3H,1H3. The van der Waals surface area contributed by atoms with Crippen molar-refractivity contribution in [3.63, 3.8) is 0 Å². The van der Waals surface area contributed by atoms with Crippen LogP contribution in [0.1, 0.15) is 0 Å². The number of fused-ring (bicyclic) bond motifs is 1. The first-order valence-electron chi connectivity index (χ1n) is 3.22. The molecule has 0 saturated carbocycles. The second-order valence-corrected chi connectivity index (χ2v) is 2.46. The zero-order valence-corrected chi connectivity index (χ0v) is 6.99. The number of methoxy groups -OCH3 is 1. The molecule has 5 nitrogen and oxygen atoms in total. The number of ether oxygens (including phenoxy) is 1. The Hall–Kier alpha value is -1.36. The van der Waals surface area contributed by atoms with Crippen LogP contribution in [0.4, 0.5) is 0 Å². The predicted molar refractivity (Wildman–Crippen MR) is 42.3 cm³/mol. The molecule has 0 amide bonds. The second-order valence-electron chi connectivity index (χ2n) is 2.10. The van der Waals surface area contributed by atoms with E-state index in [-0.39, 0.29) is 0 Å². The lowest BCUT2D eigenvalue weighted by Crippen LogP contribution is -1.91. The Bertz CT molecular complexity index is 413. The van der Waals surface area contributed by atoms with Gasteiger partial charge in [-0.05, 0) is 0 Å². The molecule has 0 fully saturated rings. The van der Waals surface area contributed by atoms with E-state index in [4.69, 9.17) is 16.3 Å². The molecule has 0 spiro atoms. The summed E-state index contributed by atoms with van der Waals surface area (Å²) in [4.78, 5) is 3.84. The van der Waals surface area contributed by atoms with Gasteiger partial charge >= 0.3 is 6.01 Å². The average Bonchev–Trinajstić information content (AvgIpc) is 2.49. The molecule has 0 aliphatic rings. The van der Waals surface area contributed by atoms with Gasteiger partial charge in [0.1, 0.15) is 0 Å². The van der Waals surface area contributed by atoms with Crippen molar-refractivity contribution in [3.05, 3.63) is 17.5 Å². The quantitative estimate of drug-likeness (QED) is 0.658. The van der Waals surface area contributed by atoms with Crippen LogP contribution >= 0.6 is 11.6 Å². The van der Waals surface area contributed by atoms with Crippen LogP contribution < -0.4 is 4.74 Å². The maximum atomic E-state index is 5.74. The van der Waals surface area contributed by atoms with E-state index in [1.807, 2.05) is 0 Å². The third kappa shape index (κ3) is 0.902. The first-order valence-corrected chi connectivity index (χ1v) is 3.60. The summed E-state index contributed by atoms with van der Waals surface area (Å²) >= 11 is 5.74. The third-order valence-corrected chi connectivity index (χ3v) is 1.70. The van der Waals surface area contributed by atoms with Crippen molar-refractivity contribution in [2.45, 2.75) is 0 Å². The van der Waals surface area contributed by atoms with Crippen molar-refractivity contribution >= 4 is 17.2 Å². The molecular weight excluding hydrogens is 180 g/mol. The lowest BCUT2D eigenvalue weighted by molar-refractivity contribution is 0.375. The minimum absolute atomic E-state index is 0.313. The van der Waals surface area contributed by atoms with Crippen LogP contribution in [-0.4, -0.2) is 26.7 Å². The van der Waals surface area contributed by atoms with Gasteiger partial charge in [0.25, 0.3) is 0 Å². The fraction of sp³-hybridized carbons (Fsp3) is 0.167. The molecule has 0 aliphatic heterocycles. The molecule has 0 atom stereocenters. The minimum Gasteiger partial charge on any atom is -0.467 e. The summed E-state index contributed by atoms with van der Waals surface area (Å²) in [5.74, 6) is 0. The zero-order valence-electron chi connectivity index (χ0n) is 6.23. The fourth-order valence-corrected chi connectivity index (χ4v) is 1.10. The summed E-state index contributed by atoms with van der Waals surface area (Å²) in [6.45, 7) is 0. The highest BCUT2D eigenvalue weighted by molar-refractivity contribution is 6.32. The van der Waals surface area contributed by atoms with Gasteiger partial charge in [-0.2, -0.15) is 0 Å². The summed E-state index contributed by atoms with van der Waals surface area (Å²) in [6.07, 6.45) is 3.24. The van der Waals surface area contributed by atoms with Crippen LogP contribution in [0.2, 0.25) is 5.15 Å². The van der Waals surface area contributed by atoms with Crippen molar-refractivity contribution in [2.24, 2.45) is 0 Å². The molecule has 2 aromatic rings. The lowest BCUT2D eigenvalue weighted by Gasteiger charge is -1.95. The molecule has 0 bridgehead atoms. The number of aromatic nitrogens is 4. The number of rotatable bonds is 1. The van der Waals surface area contributed by atoms with Gasteiger partial charge in [-0.1, -0.05) is 16.7 Å². The summed E-state index contributed by atoms with van der Waals surface area (Å²) < 4.78 is 6.55. The number of halogens is 1. The van der Waals surface area contributed by atoms with Crippen LogP contribution in [0.5, 0.6) is 6.01 Å². The van der Waals surface area contributed by atoms with Gasteiger partial charge in [0, 0.05) is 12.4 Å². The molecule has 0 unspecified atom stereocenters. The van der Waals surface area contributed by atoms with Gasteiger partial charge in [0.15, 0.2) is 5.15 Å². The van der Waals surface area contributed by atoms with Crippen molar-refractivity contribution < 1.29 is 4.74 Å². The van der Waals surface area contributed by atoms with Crippen molar-refractivity contribution in [1.82, 2.24) is 19.6 Å². The maximum absolute atomic E-state index is 5.74. The molecule has 0 radical (unpaired) electrons. The van der Waals surface area contributed by atoms with E-state index in [1.165, 1.54) is 7.11 Å². The largest absolute Gasteiger partial charge is 0.467 e. The van der Waals surface area contributed by atoms with E-state index in [0.717, 1.165) is 0 Å². The van der Waals surface area contributed by atoms with E-state index in [1.54, 1.807) is 16.8 Å². The van der Waals surface area contributed by atoms with E-state index in [0.29, 0.717) is 16.8 Å². The second kappa shape index (κ2) is 2.60. The van der Waals surface area contributed by atoms with E-state index < -0.39 is 0 Å². The first kappa shape index (κ1) is 7.30. The van der Waals surface area contributed by atoms with E-state index in [2.05, 4.69) is 15.2 Å². The molecule has 2 rings (SSSR count). The van der Waals surface area contributed by atoms with Crippen molar-refractivity contribution in [2.75, 3.05) is 7.11 Å². The Labute approximate surface area is 73.0 Å². The Kier molecular flexibility index (Phi) is 1.58. The molecule has 0 saturated heterocycles. The minimum atomic E-state index is 0.313. The normalized spacial score (nSPS) is 10.5. The summed E-state index contributed by atoms with van der Waals surface area (Å²) in [6, 6.07) is 0.398. The fourth-order valence-electron chi connectivity index (χ4n) is 0.914. The van der Waals surface area contributed by atoms with Gasteiger partial charge in [-0.3, -0.25) is 0 Å². The molecule has 6 heteroatoms. The van der Waals surface area contributed by atoms with Gasteiger partial charge < -0.3 is 4.74 Å². The molecule has 0 aliphatic carbocycles. The summed E-state index contributed by atoms with van der Waals surface area (Å²) in [5.41, 5.74) is 0.496. The molecule has 62 valence electrons. The molecule has 0 N–H and O–H groups in total. The van der Waals surface area contributed by atoms with Crippen LogP contribution in [0.3, 0.4) is 0 Å². The van der Waals surface area contributed by atoms with Crippen LogP contribution in [0.15, 0.2) is 12.4 Å². The van der Waals surface area contributed by atoms with Crippen LogP contribution in [-0.2, 0) is 0 Å². The monoisotopic (exact) mass is 184 g/mol. The topological polar surface area (TPSA) is 52.3 Å². The zero-order chi connectivity index (χ0) is 8.55. The molecular formula is C6H5ClN4O. The number of hydrogen-bond donors (Lipinski definition) is 0. The lowest BCUT2D eigenvalue weighted by atomic mass is 10.7. The van der Waals surface area contributed by atoms with Gasteiger partial charge in [-0.25, -0.2) is 9.38 Å². The predicted octanol–water partition coefficient (Wildman–Crippen LogP) is 0.786. The molecule has 2 aromatic heterocycles. The highest BCUT2D eigenvalue weighted by Gasteiger charge is 2.07. The van der Waals surface area contributed by atoms with Gasteiger partial charge in [0.2, 0.25) is 5.65 Å². The van der Waals surface area contributed by atoms with E-state index >= 15 is 0 Å². The Morgan fingerprint density at radius 3 is 3.08 bits per heavy atom. The summed E-state index contributed by atoms with van der Waals surface area (Å²) in [7, 11) is 1.52. The smallest absolute Gasteiger partial charge is 0.321 e. The summed E-state index contributed by atoms with van der Waals surface area (Å²) in [5, 5.41) is 7.84. The van der Waals surface area contributed by atoms with Gasteiger partial charge in [-0.15, -0.1) is 5.10 Å². The highest BCUT2D eigenvalue weighted by atomic mass is 35.5. The number of hydrogen-bond acceptors (Lipinski definition) is 4. The van der Waals surface area contributed by atoms with Crippen molar-refractivity contribution in [3.8, 4) is 6.01 Å². The van der Waals surface area contributed by atoms with Crippen LogP contribution in [0, 0.1) is 0 Å². The van der Waals surface area contributed by atoms with Crippen molar-refractivity contribution in [1.29, 1.82) is 0 Å². The highest BCUT2D eigenvalue weighted by Crippen LogP contribution is 2.15. The van der Waals surface area contributed by atoms with E-state index in [9.17, 15) is 0 Å². The molecule has 12 heavy (non-hydrogen) atoms. The molecule has 2 heterocycles. The number of nitrogens with zero attached hydrogens (tertiary/aromatic N) is 4. The van der Waals surface area contributed by atoms with Gasteiger partial charge in [0.05, 0.1) is 7.11 Å². The SMILES string of the molecule is COc1nnc2c(Cl)nccn12. The first-order chi connectivity index (χ1) is 5.83. The maximum Gasteiger partial charge on any atom is 0.321 e. The average molecular weight is 185 g/mol. The Morgan fingerprint density at radius 2 is 2.33 bits per heavy atom. The molecule has 0 aromatic carbocycles. The third-order valence-electron chi connectivity index (χ3n) is 1.44. The Balaban J connectivity index is 2.80.